The summed E-state index contributed by atoms with van der Waals surface area (Å²) >= 11 is 1.87. The quantitative estimate of drug-likeness (QED) is 0.735. The minimum Gasteiger partial charge on any atom is -0.481 e. The van der Waals surface area contributed by atoms with Crippen LogP contribution < -0.4 is 0 Å². The second-order valence-corrected chi connectivity index (χ2v) is 5.03. The van der Waals surface area contributed by atoms with Gasteiger partial charge >= 0.3 is 5.97 Å². The summed E-state index contributed by atoms with van der Waals surface area (Å²) in [5, 5.41) is 8.49. The van der Waals surface area contributed by atoms with E-state index < -0.39 is 5.97 Å². The van der Waals surface area contributed by atoms with Gasteiger partial charge in [0.15, 0.2) is 0 Å². The van der Waals surface area contributed by atoms with Crippen molar-refractivity contribution >= 4 is 17.7 Å². The molecule has 1 heterocycles. The highest BCUT2D eigenvalue weighted by atomic mass is 32.2. The van der Waals surface area contributed by atoms with Gasteiger partial charge in [-0.15, -0.1) is 0 Å². The van der Waals surface area contributed by atoms with E-state index in [1.807, 2.05) is 11.8 Å². The Kier molecular flexibility index (Phi) is 6.84. The molecule has 1 fully saturated rings. The van der Waals surface area contributed by atoms with E-state index in [0.29, 0.717) is 6.61 Å². The fourth-order valence-corrected chi connectivity index (χ4v) is 2.27. The van der Waals surface area contributed by atoms with Gasteiger partial charge in [0.25, 0.3) is 0 Å². The van der Waals surface area contributed by atoms with Crippen LogP contribution in [0, 0.1) is 0 Å². The SMILES string of the molecule is CSCCN1CCC(OCCC(=O)O)CC1. The Bertz CT molecular complexity index is 205. The summed E-state index contributed by atoms with van der Waals surface area (Å²) < 4.78 is 5.53. The number of piperidine rings is 1. The molecule has 0 aromatic heterocycles. The number of aliphatic carboxylic acids is 1. The van der Waals surface area contributed by atoms with Gasteiger partial charge in [-0.2, -0.15) is 11.8 Å². The fraction of sp³-hybridized carbons (Fsp3) is 0.909. The highest BCUT2D eigenvalue weighted by Gasteiger charge is 2.19. The van der Waals surface area contributed by atoms with E-state index in [9.17, 15) is 4.79 Å². The number of ether oxygens (including phenoxy) is 1. The van der Waals surface area contributed by atoms with Crippen LogP contribution in [0.15, 0.2) is 0 Å². The fourth-order valence-electron chi connectivity index (χ4n) is 1.83. The van der Waals surface area contributed by atoms with Crippen LogP contribution in [0.25, 0.3) is 0 Å². The molecule has 0 radical (unpaired) electrons. The summed E-state index contributed by atoms with van der Waals surface area (Å²) in [4.78, 5) is 12.8. The van der Waals surface area contributed by atoms with Crippen LogP contribution in [-0.4, -0.2) is 60.3 Å². The van der Waals surface area contributed by atoms with Gasteiger partial charge < -0.3 is 14.7 Å². The van der Waals surface area contributed by atoms with Crippen molar-refractivity contribution in [2.45, 2.75) is 25.4 Å². The first-order valence-electron chi connectivity index (χ1n) is 5.77. The molecule has 0 spiro atoms. The minimum atomic E-state index is -0.780. The summed E-state index contributed by atoms with van der Waals surface area (Å²) in [6.45, 7) is 3.67. The summed E-state index contributed by atoms with van der Waals surface area (Å²) in [7, 11) is 0. The van der Waals surface area contributed by atoms with Crippen molar-refractivity contribution in [3.8, 4) is 0 Å². The van der Waals surface area contributed by atoms with E-state index in [1.165, 1.54) is 5.75 Å². The molecule has 0 unspecified atom stereocenters. The molecule has 0 aromatic rings. The maximum atomic E-state index is 10.3. The van der Waals surface area contributed by atoms with E-state index in [4.69, 9.17) is 9.84 Å². The van der Waals surface area contributed by atoms with Crippen molar-refractivity contribution in [3.63, 3.8) is 0 Å². The number of rotatable bonds is 7. The first kappa shape index (κ1) is 13.8. The zero-order valence-electron chi connectivity index (χ0n) is 9.85. The molecule has 1 rings (SSSR count). The number of likely N-dealkylation sites (tertiary alicyclic amines) is 1. The summed E-state index contributed by atoms with van der Waals surface area (Å²) in [5.41, 5.74) is 0. The molecule has 16 heavy (non-hydrogen) atoms. The number of hydrogen-bond donors (Lipinski definition) is 1. The third kappa shape index (κ3) is 5.72. The van der Waals surface area contributed by atoms with E-state index in [2.05, 4.69) is 11.2 Å². The minimum absolute atomic E-state index is 0.118. The number of carboxylic acids is 1. The normalized spacial score (nSPS) is 18.8. The summed E-state index contributed by atoms with van der Waals surface area (Å²) in [6, 6.07) is 0. The molecule has 0 atom stereocenters. The number of nitrogens with zero attached hydrogens (tertiary/aromatic N) is 1. The van der Waals surface area contributed by atoms with E-state index in [1.54, 1.807) is 0 Å². The maximum Gasteiger partial charge on any atom is 0.305 e. The second-order valence-electron chi connectivity index (χ2n) is 4.05. The lowest BCUT2D eigenvalue weighted by molar-refractivity contribution is -0.138. The Morgan fingerprint density at radius 1 is 1.50 bits per heavy atom. The smallest absolute Gasteiger partial charge is 0.305 e. The Hall–Kier alpha value is -0.260. The van der Waals surface area contributed by atoms with Crippen LogP contribution in [0.5, 0.6) is 0 Å². The molecule has 0 aliphatic carbocycles. The van der Waals surface area contributed by atoms with Crippen LogP contribution >= 0.6 is 11.8 Å². The van der Waals surface area contributed by atoms with Gasteiger partial charge in [0.1, 0.15) is 0 Å². The average molecular weight is 247 g/mol. The molecular weight excluding hydrogens is 226 g/mol. The largest absolute Gasteiger partial charge is 0.481 e. The van der Waals surface area contributed by atoms with Crippen molar-refractivity contribution in [3.05, 3.63) is 0 Å². The molecule has 4 nitrogen and oxygen atoms in total. The van der Waals surface area contributed by atoms with Crippen LogP contribution in [0.2, 0.25) is 0 Å². The molecule has 1 aliphatic rings. The van der Waals surface area contributed by atoms with Gasteiger partial charge in [0, 0.05) is 25.4 Å². The van der Waals surface area contributed by atoms with Gasteiger partial charge in [-0.25, -0.2) is 0 Å². The monoisotopic (exact) mass is 247 g/mol. The number of hydrogen-bond acceptors (Lipinski definition) is 4. The first-order chi connectivity index (χ1) is 7.72. The van der Waals surface area contributed by atoms with Gasteiger partial charge in [-0.3, -0.25) is 4.79 Å². The first-order valence-corrected chi connectivity index (χ1v) is 7.16. The number of carboxylic acid groups (broad SMARTS) is 1. The van der Waals surface area contributed by atoms with Crippen LogP contribution in [0.1, 0.15) is 19.3 Å². The lowest BCUT2D eigenvalue weighted by Gasteiger charge is -2.31. The third-order valence-electron chi connectivity index (χ3n) is 2.82. The standard InChI is InChI=1S/C11H21NO3S/c1-16-9-7-12-5-2-10(3-6-12)15-8-4-11(13)14/h10H,2-9H2,1H3,(H,13,14). The Labute approximate surface area is 101 Å². The van der Waals surface area contributed by atoms with Crippen LogP contribution in [0.4, 0.5) is 0 Å². The molecule has 0 saturated carbocycles. The van der Waals surface area contributed by atoms with Gasteiger partial charge in [-0.1, -0.05) is 0 Å². The van der Waals surface area contributed by atoms with Crippen molar-refractivity contribution in [1.29, 1.82) is 0 Å². The average Bonchev–Trinajstić information content (AvgIpc) is 2.27. The Balaban J connectivity index is 2.05. The molecule has 1 N–H and O–H groups in total. The molecule has 1 aliphatic heterocycles. The van der Waals surface area contributed by atoms with Crippen molar-refractivity contribution in [2.24, 2.45) is 0 Å². The van der Waals surface area contributed by atoms with Crippen LogP contribution in [-0.2, 0) is 9.53 Å². The molecule has 0 amide bonds. The van der Waals surface area contributed by atoms with Crippen molar-refractivity contribution in [1.82, 2.24) is 4.90 Å². The molecule has 5 heteroatoms. The highest BCUT2D eigenvalue weighted by molar-refractivity contribution is 7.98. The van der Waals surface area contributed by atoms with Gasteiger partial charge in [-0.05, 0) is 19.1 Å². The lowest BCUT2D eigenvalue weighted by Crippen LogP contribution is -2.38. The Morgan fingerprint density at radius 3 is 2.75 bits per heavy atom. The Morgan fingerprint density at radius 2 is 2.19 bits per heavy atom. The van der Waals surface area contributed by atoms with E-state index in [0.717, 1.165) is 32.5 Å². The molecule has 0 bridgehead atoms. The lowest BCUT2D eigenvalue weighted by atomic mass is 10.1. The predicted octanol–water partition coefficient (Wildman–Crippen LogP) is 1.31. The molecule has 0 aromatic carbocycles. The zero-order chi connectivity index (χ0) is 11.8. The van der Waals surface area contributed by atoms with E-state index >= 15 is 0 Å². The maximum absolute atomic E-state index is 10.3. The van der Waals surface area contributed by atoms with E-state index in [-0.39, 0.29) is 12.5 Å². The molecule has 94 valence electrons. The third-order valence-corrected chi connectivity index (χ3v) is 3.41. The number of carbonyl (C=O) groups is 1. The van der Waals surface area contributed by atoms with Gasteiger partial charge in [0.2, 0.25) is 0 Å². The summed E-state index contributed by atoms with van der Waals surface area (Å²) in [5.74, 6) is 0.405. The van der Waals surface area contributed by atoms with Crippen LogP contribution in [0.3, 0.4) is 0 Å². The second kappa shape index (κ2) is 7.92. The van der Waals surface area contributed by atoms with Crippen molar-refractivity contribution < 1.29 is 14.6 Å². The highest BCUT2D eigenvalue weighted by Crippen LogP contribution is 2.14. The molecule has 1 saturated heterocycles. The van der Waals surface area contributed by atoms with Gasteiger partial charge in [0.05, 0.1) is 19.1 Å². The predicted molar refractivity (Wildman–Crippen MR) is 66.0 cm³/mol. The molecular formula is C11H21NO3S. The number of thioether (sulfide) groups is 1. The topological polar surface area (TPSA) is 49.8 Å². The van der Waals surface area contributed by atoms with Crippen molar-refractivity contribution in [2.75, 3.05) is 38.2 Å². The summed E-state index contributed by atoms with van der Waals surface area (Å²) in [6.07, 6.45) is 4.58. The zero-order valence-corrected chi connectivity index (χ0v) is 10.7.